The van der Waals surface area contributed by atoms with Gasteiger partial charge in [-0.25, -0.2) is 4.98 Å². The van der Waals surface area contributed by atoms with Crippen molar-refractivity contribution in [2.24, 2.45) is 10.8 Å². The number of fused-ring (bicyclic) bond motifs is 7. The predicted molar refractivity (Wildman–Crippen MR) is 101 cm³/mol. The largest absolute Gasteiger partial charge is 0.481 e. The summed E-state index contributed by atoms with van der Waals surface area (Å²) < 4.78 is 2.19. The third-order valence-electron chi connectivity index (χ3n) is 7.74. The zero-order valence-corrected chi connectivity index (χ0v) is 15.5. The number of hydrogen-bond donors (Lipinski definition) is 2. The molecule has 0 saturated heterocycles. The van der Waals surface area contributed by atoms with Gasteiger partial charge in [-0.1, -0.05) is 30.7 Å². The number of benzene rings is 1. The quantitative estimate of drug-likeness (QED) is 0.857. The van der Waals surface area contributed by atoms with Crippen LogP contribution in [0.2, 0.25) is 0 Å². The van der Waals surface area contributed by atoms with E-state index < -0.39 is 17.5 Å². The minimum Gasteiger partial charge on any atom is -0.481 e. The van der Waals surface area contributed by atoms with Crippen LogP contribution in [-0.2, 0) is 4.79 Å². The molecule has 6 rings (SSSR count). The summed E-state index contributed by atoms with van der Waals surface area (Å²) in [4.78, 5) is 16.1. The summed E-state index contributed by atoms with van der Waals surface area (Å²) in [6.07, 6.45) is 9.68. The average molecular weight is 366 g/mol. The number of aliphatic hydroxyl groups excluding tert-OH is 1. The lowest BCUT2D eigenvalue weighted by molar-refractivity contribution is -0.153. The van der Waals surface area contributed by atoms with Gasteiger partial charge >= 0.3 is 5.97 Å². The Morgan fingerprint density at radius 1 is 1.19 bits per heavy atom. The normalized spacial score (nSPS) is 32.6. The molecule has 2 bridgehead atoms. The van der Waals surface area contributed by atoms with Gasteiger partial charge in [0.05, 0.1) is 35.8 Å². The van der Waals surface area contributed by atoms with Gasteiger partial charge in [-0.3, -0.25) is 4.79 Å². The number of aliphatic hydroxyl groups is 1. The maximum absolute atomic E-state index is 11.8. The summed E-state index contributed by atoms with van der Waals surface area (Å²) in [6, 6.07) is 8.49. The highest BCUT2D eigenvalue weighted by molar-refractivity contribution is 5.75. The Morgan fingerprint density at radius 3 is 2.74 bits per heavy atom. The summed E-state index contributed by atoms with van der Waals surface area (Å²) in [5.41, 5.74) is 2.91. The number of aromatic nitrogens is 2. The second-order valence-corrected chi connectivity index (χ2v) is 8.84. The summed E-state index contributed by atoms with van der Waals surface area (Å²) in [6.45, 7) is 0. The second-order valence-electron chi connectivity index (χ2n) is 8.84. The van der Waals surface area contributed by atoms with Gasteiger partial charge in [-0.2, -0.15) is 0 Å². The molecule has 1 aliphatic heterocycles. The third-order valence-corrected chi connectivity index (χ3v) is 7.74. The molecule has 2 heterocycles. The Morgan fingerprint density at radius 2 is 1.96 bits per heavy atom. The van der Waals surface area contributed by atoms with Gasteiger partial charge < -0.3 is 14.8 Å². The first-order valence-electron chi connectivity index (χ1n) is 10.1. The van der Waals surface area contributed by atoms with Crippen LogP contribution in [-0.4, -0.2) is 31.8 Å². The van der Waals surface area contributed by atoms with Gasteiger partial charge in [0.15, 0.2) is 0 Å². The molecule has 3 fully saturated rings. The number of rotatable bonds is 4. The van der Waals surface area contributed by atoms with Crippen molar-refractivity contribution in [3.8, 4) is 11.3 Å². The zero-order chi connectivity index (χ0) is 18.6. The standard InChI is InChI=1S/C22H26N2O3/c25-19(21-6-3-7-22(10-8-21,11-9-21)20(26)27)12-17-15-4-1-2-5-16(15)18-13-23-14-24(17)18/h1-2,4-5,13-14,17,19,25H,3,6-12H2,(H,26,27). The van der Waals surface area contributed by atoms with Crippen LogP contribution >= 0.6 is 0 Å². The van der Waals surface area contributed by atoms with E-state index in [2.05, 4.69) is 27.8 Å². The van der Waals surface area contributed by atoms with E-state index in [4.69, 9.17) is 0 Å². The van der Waals surface area contributed by atoms with Crippen molar-refractivity contribution in [2.45, 2.75) is 63.5 Å². The Kier molecular flexibility index (Phi) is 3.73. The number of hydrogen-bond acceptors (Lipinski definition) is 3. The number of carboxylic acid groups (broad SMARTS) is 1. The van der Waals surface area contributed by atoms with E-state index >= 15 is 0 Å². The highest BCUT2D eigenvalue weighted by Crippen LogP contribution is 2.57. The van der Waals surface area contributed by atoms with Crippen LogP contribution in [0.25, 0.3) is 11.3 Å². The molecule has 142 valence electrons. The van der Waals surface area contributed by atoms with E-state index in [-0.39, 0.29) is 11.5 Å². The fourth-order valence-corrected chi connectivity index (χ4v) is 5.96. The number of nitrogens with zero attached hydrogens (tertiary/aromatic N) is 2. The lowest BCUT2D eigenvalue weighted by Crippen LogP contribution is -2.42. The first kappa shape index (κ1) is 17.0. The van der Waals surface area contributed by atoms with Crippen molar-refractivity contribution in [1.29, 1.82) is 0 Å². The van der Waals surface area contributed by atoms with Gasteiger partial charge in [0.25, 0.3) is 0 Å². The van der Waals surface area contributed by atoms with E-state index in [1.54, 1.807) is 0 Å². The molecule has 0 spiro atoms. The highest BCUT2D eigenvalue weighted by atomic mass is 16.4. The van der Waals surface area contributed by atoms with E-state index in [1.165, 1.54) is 11.1 Å². The fraction of sp³-hybridized carbons (Fsp3) is 0.545. The van der Waals surface area contributed by atoms with Gasteiger partial charge in [-0.05, 0) is 55.9 Å². The third kappa shape index (κ3) is 2.40. The molecule has 0 radical (unpaired) electrons. The maximum atomic E-state index is 11.8. The fourth-order valence-electron chi connectivity index (χ4n) is 5.96. The van der Waals surface area contributed by atoms with Crippen LogP contribution < -0.4 is 0 Å². The van der Waals surface area contributed by atoms with Crippen molar-refractivity contribution in [1.82, 2.24) is 9.55 Å². The molecular formula is C22H26N2O3. The number of carboxylic acids is 1. The molecule has 3 aliphatic carbocycles. The van der Waals surface area contributed by atoms with E-state index in [9.17, 15) is 15.0 Å². The van der Waals surface area contributed by atoms with Crippen LogP contribution in [0.4, 0.5) is 0 Å². The summed E-state index contributed by atoms with van der Waals surface area (Å²) >= 11 is 0. The Balaban J connectivity index is 1.42. The topological polar surface area (TPSA) is 75.3 Å². The number of carbonyl (C=O) groups is 1. The first-order valence-corrected chi connectivity index (χ1v) is 10.1. The van der Waals surface area contributed by atoms with Gasteiger partial charge in [0.1, 0.15) is 0 Å². The average Bonchev–Trinajstić information content (AvgIpc) is 3.12. The van der Waals surface area contributed by atoms with E-state index in [0.717, 1.165) is 37.8 Å². The van der Waals surface area contributed by atoms with Crippen molar-refractivity contribution < 1.29 is 15.0 Å². The van der Waals surface area contributed by atoms with Crippen LogP contribution in [0.1, 0.15) is 63.0 Å². The summed E-state index contributed by atoms with van der Waals surface area (Å²) in [7, 11) is 0. The number of aliphatic carboxylic acids is 1. The van der Waals surface area contributed by atoms with E-state index in [1.807, 2.05) is 18.6 Å². The molecule has 2 aromatic rings. The lowest BCUT2D eigenvalue weighted by Gasteiger charge is -2.44. The Labute approximate surface area is 159 Å². The lowest BCUT2D eigenvalue weighted by atomic mass is 9.62. The van der Waals surface area contributed by atoms with Crippen molar-refractivity contribution in [3.05, 3.63) is 42.4 Å². The molecule has 3 saturated carbocycles. The Bertz CT molecular complexity index is 879. The van der Waals surface area contributed by atoms with E-state index in [0.29, 0.717) is 19.3 Å². The number of imidazole rings is 1. The molecule has 1 aromatic carbocycles. The monoisotopic (exact) mass is 366 g/mol. The summed E-state index contributed by atoms with van der Waals surface area (Å²) in [5.74, 6) is -0.639. The summed E-state index contributed by atoms with van der Waals surface area (Å²) in [5, 5.41) is 21.1. The van der Waals surface area contributed by atoms with Crippen molar-refractivity contribution in [3.63, 3.8) is 0 Å². The van der Waals surface area contributed by atoms with Crippen LogP contribution in [0, 0.1) is 10.8 Å². The van der Waals surface area contributed by atoms with Crippen LogP contribution in [0.15, 0.2) is 36.8 Å². The molecular weight excluding hydrogens is 340 g/mol. The molecule has 5 heteroatoms. The minimum atomic E-state index is -0.639. The molecule has 2 atom stereocenters. The SMILES string of the molecule is O=C(O)C12CCCC(C(O)CC3c4ccccc4-c4cncn43)(CC1)CC2. The molecule has 1 aromatic heterocycles. The predicted octanol–water partition coefficient (Wildman–Crippen LogP) is 4.02. The van der Waals surface area contributed by atoms with Gasteiger partial charge in [0.2, 0.25) is 0 Å². The van der Waals surface area contributed by atoms with Crippen LogP contribution in [0.5, 0.6) is 0 Å². The Hall–Kier alpha value is -2.14. The first-order chi connectivity index (χ1) is 13.0. The van der Waals surface area contributed by atoms with Gasteiger partial charge in [0, 0.05) is 5.56 Å². The molecule has 27 heavy (non-hydrogen) atoms. The molecule has 2 unspecified atom stereocenters. The van der Waals surface area contributed by atoms with Crippen molar-refractivity contribution >= 4 is 5.97 Å². The van der Waals surface area contributed by atoms with Crippen molar-refractivity contribution in [2.75, 3.05) is 0 Å². The second kappa shape index (κ2) is 5.93. The van der Waals surface area contributed by atoms with Gasteiger partial charge in [-0.15, -0.1) is 0 Å². The molecule has 5 nitrogen and oxygen atoms in total. The minimum absolute atomic E-state index is 0.109. The molecule has 0 amide bonds. The zero-order valence-electron chi connectivity index (χ0n) is 15.5. The van der Waals surface area contributed by atoms with Crippen LogP contribution in [0.3, 0.4) is 0 Å². The molecule has 4 aliphatic rings. The highest BCUT2D eigenvalue weighted by Gasteiger charge is 2.52. The maximum Gasteiger partial charge on any atom is 0.309 e. The smallest absolute Gasteiger partial charge is 0.309 e. The molecule has 2 N–H and O–H groups in total.